The molecule has 0 aromatic carbocycles. The molecule has 1 saturated heterocycles. The Kier molecular flexibility index (Phi) is 11.9. The average Bonchev–Trinajstić information content (AvgIpc) is 2.53. The van der Waals surface area contributed by atoms with Crippen molar-refractivity contribution in [2.75, 3.05) is 31.1 Å². The van der Waals surface area contributed by atoms with Crippen LogP contribution < -0.4 is 0 Å². The molecule has 1 atom stereocenters. The van der Waals surface area contributed by atoms with Crippen molar-refractivity contribution in [3.63, 3.8) is 0 Å². The average molecular weight is 330 g/mol. The van der Waals surface area contributed by atoms with E-state index in [0.29, 0.717) is 0 Å². The summed E-state index contributed by atoms with van der Waals surface area (Å²) in [4.78, 5) is 13.4. The maximum atomic E-state index is 11.0. The smallest absolute Gasteiger partial charge is 0.307 e. The van der Waals surface area contributed by atoms with Gasteiger partial charge in [0.25, 0.3) is 0 Å². The Morgan fingerprint density at radius 1 is 1.09 bits per heavy atom. The first-order chi connectivity index (χ1) is 10.7. The maximum Gasteiger partial charge on any atom is 0.307 e. The molecule has 22 heavy (non-hydrogen) atoms. The molecule has 0 aromatic heterocycles. The van der Waals surface area contributed by atoms with Gasteiger partial charge in [0.2, 0.25) is 0 Å². The van der Waals surface area contributed by atoms with Gasteiger partial charge in [-0.05, 0) is 31.6 Å². The van der Waals surface area contributed by atoms with Gasteiger partial charge < -0.3 is 10.0 Å². The number of carboxylic acids is 1. The van der Waals surface area contributed by atoms with Crippen LogP contribution in [0.4, 0.5) is 0 Å². The van der Waals surface area contributed by atoms with Crippen LogP contribution in [0.1, 0.15) is 71.1 Å². The monoisotopic (exact) mass is 329 g/mol. The number of unbranched alkanes of at least 4 members (excludes halogenated alkanes) is 7. The molecule has 1 N–H and O–H groups in total. The second kappa shape index (κ2) is 13.2. The fraction of sp³-hybridized carbons (Fsp3) is 0.944. The third kappa shape index (κ3) is 9.73. The third-order valence-electron chi connectivity index (χ3n) is 4.55. The first-order valence-corrected chi connectivity index (χ1v) is 10.4. The topological polar surface area (TPSA) is 40.5 Å². The highest BCUT2D eigenvalue weighted by molar-refractivity contribution is 7.99. The first kappa shape index (κ1) is 19.8. The van der Waals surface area contributed by atoms with Gasteiger partial charge in [0.05, 0.1) is 5.92 Å². The summed E-state index contributed by atoms with van der Waals surface area (Å²) in [5.41, 5.74) is 0. The Morgan fingerprint density at radius 3 is 2.45 bits per heavy atom. The van der Waals surface area contributed by atoms with Gasteiger partial charge in [0, 0.05) is 18.8 Å². The van der Waals surface area contributed by atoms with E-state index in [-0.39, 0.29) is 5.92 Å². The normalized spacial score (nSPS) is 19.4. The van der Waals surface area contributed by atoms with Crippen LogP contribution in [0.15, 0.2) is 0 Å². The molecule has 4 heteroatoms. The number of piperidine rings is 1. The summed E-state index contributed by atoms with van der Waals surface area (Å²) in [7, 11) is 0. The van der Waals surface area contributed by atoms with Crippen molar-refractivity contribution in [3.8, 4) is 0 Å². The maximum absolute atomic E-state index is 11.0. The van der Waals surface area contributed by atoms with E-state index in [1.54, 1.807) is 0 Å². The highest BCUT2D eigenvalue weighted by atomic mass is 32.2. The van der Waals surface area contributed by atoms with Gasteiger partial charge in [0.1, 0.15) is 0 Å². The molecule has 130 valence electrons. The van der Waals surface area contributed by atoms with Crippen LogP contribution in [0, 0.1) is 5.92 Å². The number of likely N-dealkylation sites (tertiary alicyclic amines) is 1. The predicted molar refractivity (Wildman–Crippen MR) is 96.7 cm³/mol. The van der Waals surface area contributed by atoms with E-state index < -0.39 is 5.97 Å². The lowest BCUT2D eigenvalue weighted by Crippen LogP contribution is -2.39. The summed E-state index contributed by atoms with van der Waals surface area (Å²) in [5, 5.41) is 9.08. The zero-order chi connectivity index (χ0) is 16.0. The number of nitrogens with zero attached hydrogens (tertiary/aromatic N) is 1. The molecule has 3 nitrogen and oxygen atoms in total. The molecular formula is C18H35NO2S. The van der Waals surface area contributed by atoms with Gasteiger partial charge in [-0.25, -0.2) is 0 Å². The van der Waals surface area contributed by atoms with Crippen molar-refractivity contribution in [3.05, 3.63) is 0 Å². The van der Waals surface area contributed by atoms with Crippen molar-refractivity contribution >= 4 is 17.7 Å². The van der Waals surface area contributed by atoms with Crippen LogP contribution in [0.3, 0.4) is 0 Å². The van der Waals surface area contributed by atoms with E-state index in [2.05, 4.69) is 11.8 Å². The first-order valence-electron chi connectivity index (χ1n) is 9.27. The Bertz CT molecular complexity index is 286. The summed E-state index contributed by atoms with van der Waals surface area (Å²) >= 11 is 2.04. The fourth-order valence-corrected chi connectivity index (χ4v) is 4.09. The standard InChI is InChI=1S/C18H35NO2S/c1-2-3-4-5-6-7-8-9-14-22-15-13-19-12-10-11-17(16-19)18(20)21/h17H,2-16H2,1H3,(H,20,21). The van der Waals surface area contributed by atoms with Gasteiger partial charge in [-0.2, -0.15) is 11.8 Å². The van der Waals surface area contributed by atoms with E-state index in [4.69, 9.17) is 5.11 Å². The summed E-state index contributed by atoms with van der Waals surface area (Å²) in [6, 6.07) is 0. The molecule has 0 spiro atoms. The molecule has 0 aliphatic carbocycles. The minimum atomic E-state index is -0.615. The summed E-state index contributed by atoms with van der Waals surface area (Å²) in [5.74, 6) is 1.68. The molecule has 1 fully saturated rings. The van der Waals surface area contributed by atoms with Crippen LogP contribution in [0.5, 0.6) is 0 Å². The number of carbonyl (C=O) groups is 1. The summed E-state index contributed by atoms with van der Waals surface area (Å²) in [6.45, 7) is 5.17. The number of rotatable bonds is 13. The quantitative estimate of drug-likeness (QED) is 0.499. The SMILES string of the molecule is CCCCCCCCCCSCCN1CCCC(C(=O)O)C1. The van der Waals surface area contributed by atoms with E-state index >= 15 is 0 Å². The highest BCUT2D eigenvalue weighted by Crippen LogP contribution is 2.17. The molecular weight excluding hydrogens is 294 g/mol. The molecule has 1 rings (SSSR count). The summed E-state index contributed by atoms with van der Waals surface area (Å²) in [6.07, 6.45) is 13.0. The van der Waals surface area contributed by atoms with Gasteiger partial charge in [-0.3, -0.25) is 4.79 Å². The van der Waals surface area contributed by atoms with Crippen LogP contribution in [-0.2, 0) is 4.79 Å². The predicted octanol–water partition coefficient (Wildman–Crippen LogP) is 4.66. The lowest BCUT2D eigenvalue weighted by molar-refractivity contribution is -0.143. The second-order valence-corrected chi connectivity index (χ2v) is 7.79. The van der Waals surface area contributed by atoms with Crippen molar-refractivity contribution < 1.29 is 9.90 Å². The Labute approximate surface area is 141 Å². The lowest BCUT2D eigenvalue weighted by atomic mass is 9.98. The van der Waals surface area contributed by atoms with E-state index in [1.807, 2.05) is 11.8 Å². The second-order valence-electron chi connectivity index (χ2n) is 6.57. The minimum absolute atomic E-state index is 0.133. The number of thioether (sulfide) groups is 1. The molecule has 0 amide bonds. The molecule has 0 bridgehead atoms. The molecule has 1 aliphatic rings. The van der Waals surface area contributed by atoms with E-state index in [1.165, 1.54) is 57.1 Å². The van der Waals surface area contributed by atoms with Gasteiger partial charge in [0.15, 0.2) is 0 Å². The Morgan fingerprint density at radius 2 is 1.77 bits per heavy atom. The van der Waals surface area contributed by atoms with Crippen molar-refractivity contribution in [2.24, 2.45) is 5.92 Å². The number of hydrogen-bond acceptors (Lipinski definition) is 3. The zero-order valence-electron chi connectivity index (χ0n) is 14.4. The summed E-state index contributed by atoms with van der Waals surface area (Å²) < 4.78 is 0. The number of hydrogen-bond donors (Lipinski definition) is 1. The van der Waals surface area contributed by atoms with Crippen LogP contribution in [0.25, 0.3) is 0 Å². The van der Waals surface area contributed by atoms with Gasteiger partial charge in [-0.15, -0.1) is 0 Å². The lowest BCUT2D eigenvalue weighted by Gasteiger charge is -2.30. The molecule has 1 aliphatic heterocycles. The Balaban J connectivity index is 1.86. The highest BCUT2D eigenvalue weighted by Gasteiger charge is 2.24. The fourth-order valence-electron chi connectivity index (χ4n) is 3.09. The van der Waals surface area contributed by atoms with Gasteiger partial charge >= 0.3 is 5.97 Å². The minimum Gasteiger partial charge on any atom is -0.481 e. The molecule has 1 heterocycles. The van der Waals surface area contributed by atoms with Gasteiger partial charge in [-0.1, -0.05) is 51.9 Å². The third-order valence-corrected chi connectivity index (χ3v) is 5.60. The molecule has 1 unspecified atom stereocenters. The largest absolute Gasteiger partial charge is 0.481 e. The van der Waals surface area contributed by atoms with Crippen LogP contribution in [-0.4, -0.2) is 47.1 Å². The van der Waals surface area contributed by atoms with Crippen LogP contribution in [0.2, 0.25) is 0 Å². The van der Waals surface area contributed by atoms with Crippen molar-refractivity contribution in [1.29, 1.82) is 0 Å². The number of carboxylic acid groups (broad SMARTS) is 1. The van der Waals surface area contributed by atoms with Crippen LogP contribution >= 0.6 is 11.8 Å². The number of aliphatic carboxylic acids is 1. The van der Waals surface area contributed by atoms with Crippen molar-refractivity contribution in [1.82, 2.24) is 4.90 Å². The zero-order valence-corrected chi connectivity index (χ0v) is 15.2. The molecule has 0 radical (unpaired) electrons. The van der Waals surface area contributed by atoms with E-state index in [0.717, 1.165) is 38.2 Å². The molecule has 0 saturated carbocycles. The molecule has 0 aromatic rings. The Hall–Kier alpha value is -0.220. The van der Waals surface area contributed by atoms with Crippen molar-refractivity contribution in [2.45, 2.75) is 71.1 Å². The van der Waals surface area contributed by atoms with E-state index in [9.17, 15) is 4.79 Å².